The van der Waals surface area contributed by atoms with E-state index in [1.54, 1.807) is 37.7 Å². The lowest BCUT2D eigenvalue weighted by atomic mass is 9.95. The van der Waals surface area contributed by atoms with Crippen molar-refractivity contribution in [2.45, 2.75) is 26.8 Å². The minimum Gasteiger partial charge on any atom is -0.493 e. The van der Waals surface area contributed by atoms with Gasteiger partial charge < -0.3 is 14.2 Å². The molecule has 0 saturated carbocycles. The van der Waals surface area contributed by atoms with Gasteiger partial charge in [0.05, 0.1) is 42.2 Å². The van der Waals surface area contributed by atoms with Gasteiger partial charge in [0.15, 0.2) is 16.3 Å². The number of methoxy groups -OCH3 is 1. The summed E-state index contributed by atoms with van der Waals surface area (Å²) in [4.78, 5) is 31.9. The number of rotatable bonds is 7. The number of benzene rings is 2. The van der Waals surface area contributed by atoms with Crippen LogP contribution in [0.15, 0.2) is 68.0 Å². The van der Waals surface area contributed by atoms with Crippen molar-refractivity contribution in [2.75, 3.05) is 20.3 Å². The normalized spacial score (nSPS) is 15.5. The molecule has 35 heavy (non-hydrogen) atoms. The van der Waals surface area contributed by atoms with Crippen molar-refractivity contribution in [1.82, 2.24) is 4.57 Å². The summed E-state index contributed by atoms with van der Waals surface area (Å²) >= 11 is 4.72. The summed E-state index contributed by atoms with van der Waals surface area (Å²) in [6, 6.07) is 12.4. The smallest absolute Gasteiger partial charge is 0.338 e. The van der Waals surface area contributed by atoms with Crippen LogP contribution in [0.2, 0.25) is 0 Å². The first-order chi connectivity index (χ1) is 16.9. The second-order valence-corrected chi connectivity index (χ2v) is 9.62. The molecule has 3 aromatic rings. The third kappa shape index (κ3) is 4.97. The summed E-state index contributed by atoms with van der Waals surface area (Å²) < 4.78 is 19.6. The van der Waals surface area contributed by atoms with Gasteiger partial charge in [-0.3, -0.25) is 9.36 Å². The van der Waals surface area contributed by atoms with Crippen LogP contribution in [0.3, 0.4) is 0 Å². The Morgan fingerprint density at radius 2 is 1.89 bits per heavy atom. The van der Waals surface area contributed by atoms with Crippen molar-refractivity contribution in [3.63, 3.8) is 0 Å². The van der Waals surface area contributed by atoms with Crippen molar-refractivity contribution < 1.29 is 19.0 Å². The molecule has 0 fully saturated rings. The number of hydrogen-bond acceptors (Lipinski definition) is 7. The molecule has 2 aromatic carbocycles. The van der Waals surface area contributed by atoms with Gasteiger partial charge >= 0.3 is 5.97 Å². The van der Waals surface area contributed by atoms with Gasteiger partial charge in [-0.2, -0.15) is 0 Å². The van der Waals surface area contributed by atoms with Crippen molar-refractivity contribution in [1.29, 1.82) is 0 Å². The molecule has 2 heterocycles. The van der Waals surface area contributed by atoms with Crippen molar-refractivity contribution >= 4 is 39.3 Å². The Morgan fingerprint density at radius 3 is 2.54 bits per heavy atom. The molecule has 4 rings (SSSR count). The van der Waals surface area contributed by atoms with Crippen LogP contribution in [0.1, 0.15) is 37.9 Å². The molecular weight excluding hydrogens is 532 g/mol. The molecule has 9 heteroatoms. The van der Waals surface area contributed by atoms with Gasteiger partial charge in [-0.05, 0) is 62.2 Å². The lowest BCUT2D eigenvalue weighted by Crippen LogP contribution is -2.40. The molecular formula is C26H25BrN2O5S. The lowest BCUT2D eigenvalue weighted by molar-refractivity contribution is -0.139. The molecule has 0 bridgehead atoms. The highest BCUT2D eigenvalue weighted by molar-refractivity contribution is 9.10. The van der Waals surface area contributed by atoms with Crippen LogP contribution in [0.4, 0.5) is 0 Å². The van der Waals surface area contributed by atoms with Gasteiger partial charge in [-0.1, -0.05) is 45.5 Å². The predicted molar refractivity (Wildman–Crippen MR) is 139 cm³/mol. The Hall–Kier alpha value is -3.17. The Labute approximate surface area is 215 Å². The monoisotopic (exact) mass is 556 g/mol. The lowest BCUT2D eigenvalue weighted by Gasteiger charge is -2.25. The molecule has 0 spiro atoms. The van der Waals surface area contributed by atoms with Crippen LogP contribution in [0, 0.1) is 0 Å². The topological polar surface area (TPSA) is 79.1 Å². The number of esters is 1. The van der Waals surface area contributed by atoms with Gasteiger partial charge in [0, 0.05) is 4.47 Å². The van der Waals surface area contributed by atoms with Crippen molar-refractivity contribution in [3.8, 4) is 11.5 Å². The maximum atomic E-state index is 13.7. The van der Waals surface area contributed by atoms with Crippen LogP contribution < -0.4 is 24.4 Å². The van der Waals surface area contributed by atoms with E-state index in [9.17, 15) is 9.59 Å². The third-order valence-electron chi connectivity index (χ3n) is 5.49. The quantitative estimate of drug-likeness (QED) is 0.411. The van der Waals surface area contributed by atoms with Gasteiger partial charge in [0.25, 0.3) is 5.56 Å². The van der Waals surface area contributed by atoms with E-state index in [1.165, 1.54) is 11.3 Å². The average molecular weight is 557 g/mol. The maximum absolute atomic E-state index is 13.7. The van der Waals surface area contributed by atoms with Gasteiger partial charge in [0.2, 0.25) is 0 Å². The molecule has 0 N–H and O–H groups in total. The Bertz CT molecular complexity index is 1470. The third-order valence-corrected chi connectivity index (χ3v) is 7.00. The van der Waals surface area contributed by atoms with Crippen molar-refractivity contribution in [3.05, 3.63) is 89.0 Å². The summed E-state index contributed by atoms with van der Waals surface area (Å²) in [5.41, 5.74) is 2.19. The molecule has 1 aliphatic heterocycles. The highest BCUT2D eigenvalue weighted by Gasteiger charge is 2.33. The van der Waals surface area contributed by atoms with E-state index < -0.39 is 12.0 Å². The zero-order valence-corrected chi connectivity index (χ0v) is 22.2. The molecule has 0 amide bonds. The zero-order chi connectivity index (χ0) is 25.1. The van der Waals surface area contributed by atoms with Crippen LogP contribution in [-0.2, 0) is 9.53 Å². The molecule has 0 radical (unpaired) electrons. The SMILES string of the molecule is CCOC(=O)C1=C(C)N=c2s/c(=C\c3ccc(Br)cc3)c(=O)n2[C@H]1c1ccc(OC)c(OCC)c1. The average Bonchev–Trinajstić information content (AvgIpc) is 3.14. The summed E-state index contributed by atoms with van der Waals surface area (Å²) in [6.45, 7) is 6.04. The van der Waals surface area contributed by atoms with Gasteiger partial charge in [-0.25, -0.2) is 9.79 Å². The fourth-order valence-corrected chi connectivity index (χ4v) is 5.26. The van der Waals surface area contributed by atoms with Crippen LogP contribution in [-0.4, -0.2) is 30.9 Å². The number of fused-ring (bicyclic) bond motifs is 1. The molecule has 7 nitrogen and oxygen atoms in total. The van der Waals surface area contributed by atoms with Crippen LogP contribution >= 0.6 is 27.3 Å². The van der Waals surface area contributed by atoms with E-state index in [0.29, 0.717) is 44.3 Å². The number of thiazole rings is 1. The number of carbonyl (C=O) groups is 1. The number of carbonyl (C=O) groups excluding carboxylic acids is 1. The summed E-state index contributed by atoms with van der Waals surface area (Å²) in [5.74, 6) is 0.591. The molecule has 0 saturated heterocycles. The first-order valence-electron chi connectivity index (χ1n) is 11.1. The minimum absolute atomic E-state index is 0.211. The highest BCUT2D eigenvalue weighted by Crippen LogP contribution is 2.36. The predicted octanol–water partition coefficient (Wildman–Crippen LogP) is 3.97. The van der Waals surface area contributed by atoms with E-state index in [-0.39, 0.29) is 12.2 Å². The fourth-order valence-electron chi connectivity index (χ4n) is 3.95. The first-order valence-corrected chi connectivity index (χ1v) is 12.7. The van der Waals surface area contributed by atoms with Crippen molar-refractivity contribution in [2.24, 2.45) is 4.99 Å². The number of aromatic nitrogens is 1. The standard InChI is InChI=1S/C26H25BrN2O5S/c1-5-33-20-14-17(9-12-19(20)32-4)23-22(25(31)34-6-2)15(3)28-26-29(23)24(30)21(35-26)13-16-7-10-18(27)11-8-16/h7-14,23H,5-6H2,1-4H3/b21-13-/t23-/m0/s1. The summed E-state index contributed by atoms with van der Waals surface area (Å²) in [7, 11) is 1.57. The Morgan fingerprint density at radius 1 is 1.14 bits per heavy atom. The molecule has 1 atom stereocenters. The molecule has 182 valence electrons. The Kier molecular flexibility index (Phi) is 7.57. The van der Waals surface area contributed by atoms with Gasteiger partial charge in [0.1, 0.15) is 0 Å². The Balaban J connectivity index is 1.96. The minimum atomic E-state index is -0.720. The molecule has 1 aliphatic rings. The molecule has 1 aromatic heterocycles. The fraction of sp³-hybridized carbons (Fsp3) is 0.269. The van der Waals surface area contributed by atoms with Crippen LogP contribution in [0.5, 0.6) is 11.5 Å². The largest absolute Gasteiger partial charge is 0.493 e. The maximum Gasteiger partial charge on any atom is 0.338 e. The molecule has 0 aliphatic carbocycles. The van der Waals surface area contributed by atoms with Crippen LogP contribution in [0.25, 0.3) is 6.08 Å². The summed E-state index contributed by atoms with van der Waals surface area (Å²) in [5, 5.41) is 0. The van der Waals surface area contributed by atoms with E-state index in [2.05, 4.69) is 20.9 Å². The first kappa shape index (κ1) is 24.9. The second-order valence-electron chi connectivity index (χ2n) is 7.70. The number of halogens is 1. The number of nitrogens with zero attached hydrogens (tertiary/aromatic N) is 2. The zero-order valence-electron chi connectivity index (χ0n) is 19.8. The number of allylic oxidation sites excluding steroid dienone is 1. The van der Waals surface area contributed by atoms with E-state index in [0.717, 1.165) is 10.0 Å². The molecule has 0 unspecified atom stereocenters. The second kappa shape index (κ2) is 10.6. The summed E-state index contributed by atoms with van der Waals surface area (Å²) in [6.07, 6.45) is 1.83. The van der Waals surface area contributed by atoms with E-state index in [4.69, 9.17) is 14.2 Å². The number of hydrogen-bond donors (Lipinski definition) is 0. The van der Waals surface area contributed by atoms with E-state index in [1.807, 2.05) is 43.3 Å². The van der Waals surface area contributed by atoms with E-state index >= 15 is 0 Å². The number of ether oxygens (including phenoxy) is 3. The van der Waals surface area contributed by atoms with Gasteiger partial charge in [-0.15, -0.1) is 0 Å². The highest BCUT2D eigenvalue weighted by atomic mass is 79.9.